The van der Waals surface area contributed by atoms with Gasteiger partial charge in [0.15, 0.2) is 0 Å². The highest BCUT2D eigenvalue weighted by molar-refractivity contribution is 6.58. The number of nitrogens with zero attached hydrogens (tertiary/aromatic N) is 1. The first kappa shape index (κ1) is 15.4. The molecule has 0 radical (unpaired) electrons. The fourth-order valence-corrected chi connectivity index (χ4v) is 2.64. The molecule has 0 bridgehead atoms. The molecule has 4 nitrogen and oxygen atoms in total. The zero-order valence-electron chi connectivity index (χ0n) is 11.9. The molecule has 1 aliphatic rings. The average molecular weight is 281 g/mol. The zero-order valence-corrected chi connectivity index (χ0v) is 11.9. The maximum Gasteiger partial charge on any atom is 0.488 e. The van der Waals surface area contributed by atoms with Gasteiger partial charge in [-0.15, -0.1) is 0 Å². The standard InChI is InChI=1S/C14H21BFNO3/c1-10-5-6-17(9-14(10)20-2)8-11-3-4-12(15(18)19)7-13(11)16/h3-4,7,10,14,18-19H,5-6,8-9H2,1-2H3. The van der Waals surface area contributed by atoms with Crippen LogP contribution in [0, 0.1) is 11.7 Å². The second-order valence-electron chi connectivity index (χ2n) is 5.50. The molecule has 1 heterocycles. The quantitative estimate of drug-likeness (QED) is 0.783. The van der Waals surface area contributed by atoms with E-state index in [9.17, 15) is 4.39 Å². The lowest BCUT2D eigenvalue weighted by molar-refractivity contribution is -0.00772. The number of halogens is 1. The molecule has 2 unspecified atom stereocenters. The minimum Gasteiger partial charge on any atom is -0.423 e. The van der Waals surface area contributed by atoms with Crippen LogP contribution >= 0.6 is 0 Å². The highest BCUT2D eigenvalue weighted by Gasteiger charge is 2.26. The second kappa shape index (κ2) is 6.67. The molecule has 1 aromatic carbocycles. The monoisotopic (exact) mass is 281 g/mol. The van der Waals surface area contributed by atoms with E-state index in [1.807, 2.05) is 0 Å². The van der Waals surface area contributed by atoms with Gasteiger partial charge in [-0.05, 0) is 30.4 Å². The van der Waals surface area contributed by atoms with E-state index in [0.717, 1.165) is 19.5 Å². The van der Waals surface area contributed by atoms with Gasteiger partial charge in [0.1, 0.15) is 5.82 Å². The van der Waals surface area contributed by atoms with Crippen LogP contribution in [0.25, 0.3) is 0 Å². The van der Waals surface area contributed by atoms with Crippen molar-refractivity contribution in [1.82, 2.24) is 4.90 Å². The van der Waals surface area contributed by atoms with Crippen molar-refractivity contribution in [3.63, 3.8) is 0 Å². The van der Waals surface area contributed by atoms with Crippen molar-refractivity contribution in [1.29, 1.82) is 0 Å². The van der Waals surface area contributed by atoms with Gasteiger partial charge in [-0.25, -0.2) is 4.39 Å². The number of likely N-dealkylation sites (tertiary alicyclic amines) is 1. The number of rotatable bonds is 4. The number of ether oxygens (including phenoxy) is 1. The summed E-state index contributed by atoms with van der Waals surface area (Å²) in [6.45, 7) is 4.40. The molecule has 6 heteroatoms. The van der Waals surface area contributed by atoms with E-state index in [1.54, 1.807) is 19.2 Å². The summed E-state index contributed by atoms with van der Waals surface area (Å²) in [7, 11) is 0.0788. The number of piperidine rings is 1. The molecule has 0 aliphatic carbocycles. The smallest absolute Gasteiger partial charge is 0.423 e. The first-order chi connectivity index (χ1) is 9.51. The van der Waals surface area contributed by atoms with E-state index in [1.165, 1.54) is 6.07 Å². The van der Waals surface area contributed by atoms with Crippen LogP contribution in [0.15, 0.2) is 18.2 Å². The topological polar surface area (TPSA) is 52.9 Å². The van der Waals surface area contributed by atoms with E-state index in [2.05, 4.69) is 11.8 Å². The molecule has 20 heavy (non-hydrogen) atoms. The molecule has 2 atom stereocenters. The second-order valence-corrected chi connectivity index (χ2v) is 5.50. The van der Waals surface area contributed by atoms with Crippen LogP contribution in [0.5, 0.6) is 0 Å². The Balaban J connectivity index is 2.03. The largest absolute Gasteiger partial charge is 0.488 e. The molecular formula is C14H21BFNO3. The molecule has 1 saturated heterocycles. The van der Waals surface area contributed by atoms with Gasteiger partial charge in [-0.1, -0.05) is 19.1 Å². The van der Waals surface area contributed by atoms with Crippen LogP contribution in [0.1, 0.15) is 18.9 Å². The van der Waals surface area contributed by atoms with Crippen molar-refractivity contribution in [2.24, 2.45) is 5.92 Å². The van der Waals surface area contributed by atoms with Gasteiger partial charge < -0.3 is 14.8 Å². The molecule has 1 aliphatic heterocycles. The third-order valence-electron chi connectivity index (χ3n) is 4.05. The lowest BCUT2D eigenvalue weighted by atomic mass is 9.80. The van der Waals surface area contributed by atoms with Gasteiger partial charge in [0.2, 0.25) is 0 Å². The van der Waals surface area contributed by atoms with Gasteiger partial charge in [0.05, 0.1) is 6.10 Å². The van der Waals surface area contributed by atoms with Crippen molar-refractivity contribution >= 4 is 12.6 Å². The third kappa shape index (κ3) is 3.58. The van der Waals surface area contributed by atoms with Crippen LogP contribution in [0.2, 0.25) is 0 Å². The number of benzene rings is 1. The molecular weight excluding hydrogens is 260 g/mol. The van der Waals surface area contributed by atoms with Crippen molar-refractivity contribution in [2.75, 3.05) is 20.2 Å². The fourth-order valence-electron chi connectivity index (χ4n) is 2.64. The van der Waals surface area contributed by atoms with Crippen molar-refractivity contribution in [3.8, 4) is 0 Å². The highest BCUT2D eigenvalue weighted by Crippen LogP contribution is 2.21. The van der Waals surface area contributed by atoms with Crippen LogP contribution in [0.3, 0.4) is 0 Å². The van der Waals surface area contributed by atoms with Gasteiger partial charge in [0, 0.05) is 25.8 Å². The van der Waals surface area contributed by atoms with E-state index in [4.69, 9.17) is 14.8 Å². The van der Waals surface area contributed by atoms with E-state index in [0.29, 0.717) is 18.0 Å². The van der Waals surface area contributed by atoms with Crippen LogP contribution in [-0.4, -0.2) is 48.4 Å². The summed E-state index contributed by atoms with van der Waals surface area (Å²) >= 11 is 0. The summed E-state index contributed by atoms with van der Waals surface area (Å²) in [4.78, 5) is 2.17. The molecule has 2 rings (SSSR count). The summed E-state index contributed by atoms with van der Waals surface area (Å²) in [5.41, 5.74) is 0.743. The molecule has 1 fully saturated rings. The molecule has 110 valence electrons. The summed E-state index contributed by atoms with van der Waals surface area (Å²) in [6, 6.07) is 4.34. The SMILES string of the molecule is COC1CN(Cc2ccc(B(O)O)cc2F)CCC1C. The zero-order chi connectivity index (χ0) is 14.7. The average Bonchev–Trinajstić information content (AvgIpc) is 2.42. The lowest BCUT2D eigenvalue weighted by Crippen LogP contribution is -2.43. The molecule has 0 saturated carbocycles. The van der Waals surface area contributed by atoms with Crippen molar-refractivity contribution in [2.45, 2.75) is 26.0 Å². The molecule has 0 spiro atoms. The van der Waals surface area contributed by atoms with Crippen LogP contribution in [-0.2, 0) is 11.3 Å². The first-order valence-corrected chi connectivity index (χ1v) is 6.91. The maximum absolute atomic E-state index is 13.9. The normalized spacial score (nSPS) is 23.9. The Bertz CT molecular complexity index is 458. The number of methoxy groups -OCH3 is 1. The highest BCUT2D eigenvalue weighted by atomic mass is 19.1. The Morgan fingerprint density at radius 2 is 2.20 bits per heavy atom. The van der Waals surface area contributed by atoms with E-state index >= 15 is 0 Å². The predicted octanol–water partition coefficient (Wildman–Crippen LogP) is 0.362. The van der Waals surface area contributed by atoms with Crippen molar-refractivity contribution < 1.29 is 19.2 Å². The summed E-state index contributed by atoms with van der Waals surface area (Å²) in [5, 5.41) is 18.0. The third-order valence-corrected chi connectivity index (χ3v) is 4.05. The first-order valence-electron chi connectivity index (χ1n) is 6.91. The predicted molar refractivity (Wildman–Crippen MR) is 76.1 cm³/mol. The fraction of sp³-hybridized carbons (Fsp3) is 0.571. The minimum absolute atomic E-state index is 0.174. The Kier molecular flexibility index (Phi) is 5.15. The Morgan fingerprint density at radius 3 is 2.80 bits per heavy atom. The van der Waals surface area contributed by atoms with E-state index < -0.39 is 12.9 Å². The Morgan fingerprint density at radius 1 is 1.45 bits per heavy atom. The molecule has 1 aromatic rings. The Hall–Kier alpha value is -0.945. The molecule has 0 aromatic heterocycles. The molecule has 2 N–H and O–H groups in total. The van der Waals surface area contributed by atoms with Gasteiger partial charge >= 0.3 is 7.12 Å². The summed E-state index contributed by atoms with van der Waals surface area (Å²) in [6.07, 6.45) is 1.22. The lowest BCUT2D eigenvalue weighted by Gasteiger charge is -2.36. The van der Waals surface area contributed by atoms with Crippen molar-refractivity contribution in [3.05, 3.63) is 29.6 Å². The van der Waals surface area contributed by atoms with E-state index in [-0.39, 0.29) is 11.6 Å². The van der Waals surface area contributed by atoms with Gasteiger partial charge in [-0.2, -0.15) is 0 Å². The Labute approximate surface area is 119 Å². The van der Waals surface area contributed by atoms with Gasteiger partial charge in [0.25, 0.3) is 0 Å². The van der Waals surface area contributed by atoms with Crippen LogP contribution < -0.4 is 5.46 Å². The van der Waals surface area contributed by atoms with Gasteiger partial charge in [-0.3, -0.25) is 4.90 Å². The summed E-state index contributed by atoms with van der Waals surface area (Å²) < 4.78 is 19.4. The number of hydrogen-bond acceptors (Lipinski definition) is 4. The maximum atomic E-state index is 13.9. The van der Waals surface area contributed by atoms with Crippen LogP contribution in [0.4, 0.5) is 4.39 Å². The number of hydrogen-bond donors (Lipinski definition) is 2. The minimum atomic E-state index is -1.63. The summed E-state index contributed by atoms with van der Waals surface area (Å²) in [5.74, 6) is 0.121. The molecule has 0 amide bonds.